The first-order valence-electron chi connectivity index (χ1n) is 10.2. The minimum absolute atomic E-state index is 0.143. The lowest BCUT2D eigenvalue weighted by molar-refractivity contribution is 0.0617. The van der Waals surface area contributed by atoms with Crippen molar-refractivity contribution in [2.45, 2.75) is 63.5 Å². The zero-order chi connectivity index (χ0) is 17.5. The van der Waals surface area contributed by atoms with E-state index in [9.17, 15) is 5.11 Å². The third kappa shape index (κ3) is 6.05. The van der Waals surface area contributed by atoms with Gasteiger partial charge in [0, 0.05) is 37.4 Å². The fourth-order valence-corrected chi connectivity index (χ4v) is 4.59. The average Bonchev–Trinajstić information content (AvgIpc) is 3.14. The van der Waals surface area contributed by atoms with E-state index in [0.29, 0.717) is 6.04 Å². The van der Waals surface area contributed by atoms with Crippen molar-refractivity contribution < 1.29 is 5.11 Å². The first-order chi connectivity index (χ1) is 12.2. The molecule has 1 aliphatic carbocycles. The molecule has 4 heteroatoms. The molecule has 1 aliphatic heterocycles. The van der Waals surface area contributed by atoms with Gasteiger partial charge in [-0.1, -0.05) is 31.7 Å². The molecule has 1 unspecified atom stereocenters. The average molecular weight is 346 g/mol. The van der Waals surface area contributed by atoms with Crippen LogP contribution >= 0.6 is 0 Å². The maximum Gasteiger partial charge on any atom is 0.0669 e. The van der Waals surface area contributed by atoms with E-state index >= 15 is 0 Å². The van der Waals surface area contributed by atoms with Gasteiger partial charge in [-0.15, -0.1) is 0 Å². The lowest BCUT2D eigenvalue weighted by atomic mass is 9.98. The van der Waals surface area contributed by atoms with Crippen molar-refractivity contribution in [1.29, 1.82) is 0 Å². The number of pyridine rings is 1. The Hall–Kier alpha value is -0.970. The summed E-state index contributed by atoms with van der Waals surface area (Å²) in [7, 11) is 2.20. The third-order valence-electron chi connectivity index (χ3n) is 6.17. The van der Waals surface area contributed by atoms with E-state index in [1.807, 2.05) is 12.3 Å². The van der Waals surface area contributed by atoms with Crippen LogP contribution in [0.4, 0.5) is 0 Å². The number of likely N-dealkylation sites (tertiary alicyclic amines) is 1. The Morgan fingerprint density at radius 3 is 2.64 bits per heavy atom. The molecular formula is C21H35N3O. The zero-order valence-electron chi connectivity index (χ0n) is 15.8. The van der Waals surface area contributed by atoms with Crippen LogP contribution in [0.2, 0.25) is 0 Å². The Balaban J connectivity index is 1.33. The van der Waals surface area contributed by atoms with Gasteiger partial charge in [0.05, 0.1) is 6.10 Å². The number of nitrogens with zero attached hydrogens (tertiary/aromatic N) is 3. The molecule has 1 aromatic heterocycles. The standard InChI is InChI=1S/C21H35N3O/c1-23(17-21(25)16-18-6-2-3-7-18)20-10-14-24(15-11-20)13-9-19-8-4-5-12-22-19/h4-5,8,12,18,20-21,25H,2-3,6-7,9-11,13-17H2,1H3. The minimum atomic E-state index is -0.143. The minimum Gasteiger partial charge on any atom is -0.392 e. The largest absolute Gasteiger partial charge is 0.392 e. The van der Waals surface area contributed by atoms with E-state index in [4.69, 9.17) is 0 Å². The molecule has 1 saturated heterocycles. The monoisotopic (exact) mass is 345 g/mol. The van der Waals surface area contributed by atoms with Gasteiger partial charge in [0.1, 0.15) is 0 Å². The van der Waals surface area contributed by atoms with Crippen LogP contribution in [0.3, 0.4) is 0 Å². The number of aliphatic hydroxyl groups is 1. The molecule has 2 heterocycles. The van der Waals surface area contributed by atoms with Crippen LogP contribution in [0.15, 0.2) is 24.4 Å². The first-order valence-corrected chi connectivity index (χ1v) is 10.2. The highest BCUT2D eigenvalue weighted by Crippen LogP contribution is 2.29. The number of rotatable bonds is 8. The van der Waals surface area contributed by atoms with Gasteiger partial charge in [-0.05, 0) is 57.5 Å². The zero-order valence-corrected chi connectivity index (χ0v) is 15.8. The van der Waals surface area contributed by atoms with Gasteiger partial charge in [-0.2, -0.15) is 0 Å². The SMILES string of the molecule is CN(CC(O)CC1CCCC1)C1CCN(CCc2ccccn2)CC1. The van der Waals surface area contributed by atoms with Crippen molar-refractivity contribution >= 4 is 0 Å². The van der Waals surface area contributed by atoms with Crippen molar-refractivity contribution in [2.75, 3.05) is 33.2 Å². The summed E-state index contributed by atoms with van der Waals surface area (Å²) < 4.78 is 0. The second-order valence-corrected chi connectivity index (χ2v) is 8.12. The van der Waals surface area contributed by atoms with E-state index < -0.39 is 0 Å². The van der Waals surface area contributed by atoms with Crippen LogP contribution in [0.5, 0.6) is 0 Å². The van der Waals surface area contributed by atoms with Crippen LogP contribution in [-0.4, -0.2) is 65.3 Å². The molecule has 1 saturated carbocycles. The Kier molecular flexibility index (Phi) is 7.26. The quantitative estimate of drug-likeness (QED) is 0.786. The summed E-state index contributed by atoms with van der Waals surface area (Å²) in [6.45, 7) is 4.29. The fourth-order valence-electron chi connectivity index (χ4n) is 4.59. The van der Waals surface area contributed by atoms with Crippen molar-refractivity contribution in [3.05, 3.63) is 30.1 Å². The highest BCUT2D eigenvalue weighted by atomic mass is 16.3. The summed E-state index contributed by atoms with van der Waals surface area (Å²) in [5.74, 6) is 0.775. The van der Waals surface area contributed by atoms with Gasteiger partial charge in [-0.25, -0.2) is 0 Å². The second kappa shape index (κ2) is 9.65. The molecule has 1 N–H and O–H groups in total. The van der Waals surface area contributed by atoms with Crippen LogP contribution in [-0.2, 0) is 6.42 Å². The Morgan fingerprint density at radius 1 is 1.20 bits per heavy atom. The summed E-state index contributed by atoms with van der Waals surface area (Å²) in [5, 5.41) is 10.4. The molecule has 0 aromatic carbocycles. The fraction of sp³-hybridized carbons (Fsp3) is 0.762. The normalized spacial score (nSPS) is 21.9. The topological polar surface area (TPSA) is 39.6 Å². The van der Waals surface area contributed by atoms with E-state index in [0.717, 1.165) is 31.8 Å². The number of hydrogen-bond donors (Lipinski definition) is 1. The molecule has 0 radical (unpaired) electrons. The van der Waals surface area contributed by atoms with Gasteiger partial charge < -0.3 is 14.9 Å². The predicted molar refractivity (Wildman–Crippen MR) is 103 cm³/mol. The van der Waals surface area contributed by atoms with Gasteiger partial charge in [-0.3, -0.25) is 4.98 Å². The molecule has 2 fully saturated rings. The third-order valence-corrected chi connectivity index (χ3v) is 6.17. The summed E-state index contributed by atoms with van der Waals surface area (Å²) in [6, 6.07) is 6.79. The molecule has 1 atom stereocenters. The van der Waals surface area contributed by atoms with E-state index in [1.54, 1.807) is 0 Å². The number of likely N-dealkylation sites (N-methyl/N-ethyl adjacent to an activating group) is 1. The van der Waals surface area contributed by atoms with Crippen LogP contribution in [0.25, 0.3) is 0 Å². The molecule has 0 spiro atoms. The van der Waals surface area contributed by atoms with E-state index in [1.165, 1.54) is 57.3 Å². The van der Waals surface area contributed by atoms with Gasteiger partial charge in [0.25, 0.3) is 0 Å². The molecule has 0 bridgehead atoms. The summed E-state index contributed by atoms with van der Waals surface area (Å²) >= 11 is 0. The van der Waals surface area contributed by atoms with Crippen molar-refractivity contribution in [3.8, 4) is 0 Å². The van der Waals surface area contributed by atoms with Crippen LogP contribution < -0.4 is 0 Å². The van der Waals surface area contributed by atoms with Crippen molar-refractivity contribution in [3.63, 3.8) is 0 Å². The number of aromatic nitrogens is 1. The molecule has 4 nitrogen and oxygen atoms in total. The van der Waals surface area contributed by atoms with Gasteiger partial charge >= 0.3 is 0 Å². The molecule has 2 aliphatic rings. The Morgan fingerprint density at radius 2 is 1.96 bits per heavy atom. The van der Waals surface area contributed by atoms with E-state index in [-0.39, 0.29) is 6.10 Å². The number of hydrogen-bond acceptors (Lipinski definition) is 4. The Bertz CT molecular complexity index is 481. The number of aliphatic hydroxyl groups excluding tert-OH is 1. The maximum atomic E-state index is 10.4. The molecule has 3 rings (SSSR count). The van der Waals surface area contributed by atoms with Crippen LogP contribution in [0, 0.1) is 5.92 Å². The summed E-state index contributed by atoms with van der Waals surface area (Å²) in [6.07, 6.45) is 11.6. The highest BCUT2D eigenvalue weighted by molar-refractivity contribution is 5.03. The summed E-state index contributed by atoms with van der Waals surface area (Å²) in [5.41, 5.74) is 1.19. The molecule has 140 valence electrons. The van der Waals surface area contributed by atoms with Crippen molar-refractivity contribution in [1.82, 2.24) is 14.8 Å². The molecule has 25 heavy (non-hydrogen) atoms. The van der Waals surface area contributed by atoms with Gasteiger partial charge in [0.15, 0.2) is 0 Å². The Labute approximate surface area is 153 Å². The smallest absolute Gasteiger partial charge is 0.0669 e. The molecular weight excluding hydrogens is 310 g/mol. The molecule has 1 aromatic rings. The number of piperidine rings is 1. The first kappa shape index (κ1) is 18.8. The lowest BCUT2D eigenvalue weighted by Gasteiger charge is -2.37. The van der Waals surface area contributed by atoms with Crippen LogP contribution in [0.1, 0.15) is 50.6 Å². The highest BCUT2D eigenvalue weighted by Gasteiger charge is 2.25. The summed E-state index contributed by atoms with van der Waals surface area (Å²) in [4.78, 5) is 9.39. The van der Waals surface area contributed by atoms with Gasteiger partial charge in [0.2, 0.25) is 0 Å². The molecule has 0 amide bonds. The lowest BCUT2D eigenvalue weighted by Crippen LogP contribution is -2.46. The predicted octanol–water partition coefficient (Wildman–Crippen LogP) is 2.96. The van der Waals surface area contributed by atoms with E-state index in [2.05, 4.69) is 34.0 Å². The van der Waals surface area contributed by atoms with Crippen molar-refractivity contribution in [2.24, 2.45) is 5.92 Å². The maximum absolute atomic E-state index is 10.4. The second-order valence-electron chi connectivity index (χ2n) is 8.12.